The average molecular weight is 360 g/mol. The summed E-state index contributed by atoms with van der Waals surface area (Å²) in [5.74, 6) is 1.15. The van der Waals surface area contributed by atoms with E-state index < -0.39 is 0 Å². The molecule has 1 N–H and O–H groups in total. The molecule has 0 heterocycles. The molecule has 0 aliphatic heterocycles. The summed E-state index contributed by atoms with van der Waals surface area (Å²) in [6, 6.07) is 10.9. The summed E-state index contributed by atoms with van der Waals surface area (Å²) in [5.41, 5.74) is 2.50. The lowest BCUT2D eigenvalue weighted by Gasteiger charge is -2.11. The van der Waals surface area contributed by atoms with Gasteiger partial charge in [0.25, 0.3) is 0 Å². The quantitative estimate of drug-likeness (QED) is 0.700. The monoisotopic (exact) mass is 359 g/mol. The molecule has 0 aromatic heterocycles. The zero-order valence-corrected chi connectivity index (χ0v) is 15.4. The van der Waals surface area contributed by atoms with Crippen LogP contribution in [0.1, 0.15) is 25.0 Å². The van der Waals surface area contributed by atoms with Gasteiger partial charge in [0.1, 0.15) is 0 Å². The SMILES string of the molecule is CCOc1ccc(/C=C/C(=O)Nc2ccc(Cl)cc2C)cc1OCC. The molecular formula is C20H22ClNO3. The van der Waals surface area contributed by atoms with Crippen LogP contribution in [0.3, 0.4) is 0 Å². The second-order valence-corrected chi connectivity index (χ2v) is 5.79. The molecule has 2 aromatic rings. The maximum atomic E-state index is 12.1. The lowest BCUT2D eigenvalue weighted by molar-refractivity contribution is -0.111. The van der Waals surface area contributed by atoms with E-state index >= 15 is 0 Å². The molecule has 0 aliphatic rings. The number of aryl methyl sites for hydroxylation is 1. The van der Waals surface area contributed by atoms with Crippen LogP contribution < -0.4 is 14.8 Å². The van der Waals surface area contributed by atoms with E-state index in [1.165, 1.54) is 6.08 Å². The van der Waals surface area contributed by atoms with E-state index in [0.717, 1.165) is 16.8 Å². The lowest BCUT2D eigenvalue weighted by atomic mass is 10.1. The van der Waals surface area contributed by atoms with Crippen molar-refractivity contribution in [3.8, 4) is 11.5 Å². The number of ether oxygens (including phenoxy) is 2. The molecular weight excluding hydrogens is 338 g/mol. The summed E-state index contributed by atoms with van der Waals surface area (Å²) in [6.07, 6.45) is 3.22. The molecule has 1 amide bonds. The first-order chi connectivity index (χ1) is 12.0. The van der Waals surface area contributed by atoms with E-state index in [0.29, 0.717) is 29.7 Å². The summed E-state index contributed by atoms with van der Waals surface area (Å²) in [4.78, 5) is 12.1. The van der Waals surface area contributed by atoms with Crippen LogP contribution in [0, 0.1) is 6.92 Å². The summed E-state index contributed by atoms with van der Waals surface area (Å²) >= 11 is 5.92. The number of rotatable bonds is 7. The second-order valence-electron chi connectivity index (χ2n) is 5.35. The fraction of sp³-hybridized carbons (Fsp3) is 0.250. The number of amides is 1. The molecule has 4 nitrogen and oxygen atoms in total. The smallest absolute Gasteiger partial charge is 0.248 e. The molecule has 0 saturated heterocycles. The van der Waals surface area contributed by atoms with Crippen LogP contribution in [0.25, 0.3) is 6.08 Å². The fourth-order valence-corrected chi connectivity index (χ4v) is 2.51. The van der Waals surface area contributed by atoms with Crippen molar-refractivity contribution in [2.45, 2.75) is 20.8 Å². The molecule has 5 heteroatoms. The minimum absolute atomic E-state index is 0.211. The number of anilines is 1. The van der Waals surface area contributed by atoms with Crippen LogP contribution in [0.2, 0.25) is 5.02 Å². The van der Waals surface area contributed by atoms with E-state index in [9.17, 15) is 4.79 Å². The highest BCUT2D eigenvalue weighted by molar-refractivity contribution is 6.30. The Labute approximate surface area is 153 Å². The first-order valence-electron chi connectivity index (χ1n) is 8.18. The van der Waals surface area contributed by atoms with Gasteiger partial charge in [0.2, 0.25) is 5.91 Å². The molecule has 132 valence electrons. The van der Waals surface area contributed by atoms with Crippen molar-refractivity contribution in [2.75, 3.05) is 18.5 Å². The third-order valence-electron chi connectivity index (χ3n) is 3.44. The molecule has 0 spiro atoms. The van der Waals surface area contributed by atoms with Gasteiger partial charge in [-0.3, -0.25) is 4.79 Å². The molecule has 25 heavy (non-hydrogen) atoms. The third kappa shape index (κ3) is 5.54. The lowest BCUT2D eigenvalue weighted by Crippen LogP contribution is -2.08. The van der Waals surface area contributed by atoms with Crippen molar-refractivity contribution in [2.24, 2.45) is 0 Å². The van der Waals surface area contributed by atoms with Gasteiger partial charge in [0, 0.05) is 16.8 Å². The Balaban J connectivity index is 2.09. The van der Waals surface area contributed by atoms with Gasteiger partial charge < -0.3 is 14.8 Å². The van der Waals surface area contributed by atoms with Crippen LogP contribution >= 0.6 is 11.6 Å². The van der Waals surface area contributed by atoms with E-state index in [-0.39, 0.29) is 5.91 Å². The maximum Gasteiger partial charge on any atom is 0.248 e. The Bertz CT molecular complexity index is 772. The Morgan fingerprint density at radius 2 is 1.80 bits per heavy atom. The zero-order valence-electron chi connectivity index (χ0n) is 14.6. The van der Waals surface area contributed by atoms with E-state index in [1.54, 1.807) is 18.2 Å². The first kappa shape index (κ1) is 18.9. The van der Waals surface area contributed by atoms with Crippen molar-refractivity contribution < 1.29 is 14.3 Å². The first-order valence-corrected chi connectivity index (χ1v) is 8.56. The highest BCUT2D eigenvalue weighted by Crippen LogP contribution is 2.29. The highest BCUT2D eigenvalue weighted by atomic mass is 35.5. The number of carbonyl (C=O) groups excluding carboxylic acids is 1. The Hall–Kier alpha value is -2.46. The minimum Gasteiger partial charge on any atom is -0.490 e. The molecule has 2 aromatic carbocycles. The molecule has 0 radical (unpaired) electrons. The molecule has 0 fully saturated rings. The van der Waals surface area contributed by atoms with Crippen molar-refractivity contribution in [3.63, 3.8) is 0 Å². The van der Waals surface area contributed by atoms with Crippen LogP contribution in [0.15, 0.2) is 42.5 Å². The number of nitrogens with one attached hydrogen (secondary N) is 1. The molecule has 0 saturated carbocycles. The van der Waals surface area contributed by atoms with Gasteiger partial charge in [-0.05, 0) is 68.3 Å². The van der Waals surface area contributed by atoms with Gasteiger partial charge in [-0.2, -0.15) is 0 Å². The van der Waals surface area contributed by atoms with Crippen LogP contribution in [-0.4, -0.2) is 19.1 Å². The van der Waals surface area contributed by atoms with Crippen LogP contribution in [0.4, 0.5) is 5.69 Å². The van der Waals surface area contributed by atoms with Gasteiger partial charge in [0.15, 0.2) is 11.5 Å². The van der Waals surface area contributed by atoms with Crippen molar-refractivity contribution in [1.29, 1.82) is 0 Å². The minimum atomic E-state index is -0.211. The normalized spacial score (nSPS) is 10.7. The molecule has 0 bridgehead atoms. The summed E-state index contributed by atoms with van der Waals surface area (Å²) < 4.78 is 11.1. The van der Waals surface area contributed by atoms with E-state index in [2.05, 4.69) is 5.32 Å². The fourth-order valence-electron chi connectivity index (χ4n) is 2.29. The number of hydrogen-bond donors (Lipinski definition) is 1. The number of hydrogen-bond acceptors (Lipinski definition) is 3. The predicted molar refractivity (Wildman–Crippen MR) is 103 cm³/mol. The molecule has 0 atom stereocenters. The third-order valence-corrected chi connectivity index (χ3v) is 3.68. The van der Waals surface area contributed by atoms with Gasteiger partial charge in [-0.25, -0.2) is 0 Å². The largest absolute Gasteiger partial charge is 0.490 e. The predicted octanol–water partition coefficient (Wildman–Crippen LogP) is 5.10. The average Bonchev–Trinajstić information content (AvgIpc) is 2.58. The topological polar surface area (TPSA) is 47.6 Å². The van der Waals surface area contributed by atoms with Crippen molar-refractivity contribution >= 4 is 29.3 Å². The number of halogens is 1. The van der Waals surface area contributed by atoms with Crippen LogP contribution in [-0.2, 0) is 4.79 Å². The van der Waals surface area contributed by atoms with Gasteiger partial charge in [0.05, 0.1) is 13.2 Å². The van der Waals surface area contributed by atoms with Gasteiger partial charge in [-0.1, -0.05) is 17.7 Å². The van der Waals surface area contributed by atoms with E-state index in [1.807, 2.05) is 45.0 Å². The van der Waals surface area contributed by atoms with Crippen LogP contribution in [0.5, 0.6) is 11.5 Å². The molecule has 0 unspecified atom stereocenters. The Morgan fingerprint density at radius 3 is 2.48 bits per heavy atom. The van der Waals surface area contributed by atoms with E-state index in [4.69, 9.17) is 21.1 Å². The molecule has 0 aliphatic carbocycles. The summed E-state index contributed by atoms with van der Waals surface area (Å²) in [6.45, 7) is 6.85. The molecule has 2 rings (SSSR count). The Kier molecular flexibility index (Phi) is 6.90. The zero-order chi connectivity index (χ0) is 18.2. The number of benzene rings is 2. The second kappa shape index (κ2) is 9.14. The van der Waals surface area contributed by atoms with Crippen molar-refractivity contribution in [3.05, 3.63) is 58.6 Å². The van der Waals surface area contributed by atoms with Crippen molar-refractivity contribution in [1.82, 2.24) is 0 Å². The summed E-state index contributed by atoms with van der Waals surface area (Å²) in [7, 11) is 0. The highest BCUT2D eigenvalue weighted by Gasteiger charge is 2.06. The maximum absolute atomic E-state index is 12.1. The van der Waals surface area contributed by atoms with Gasteiger partial charge >= 0.3 is 0 Å². The number of carbonyl (C=O) groups is 1. The Morgan fingerprint density at radius 1 is 1.08 bits per heavy atom. The summed E-state index contributed by atoms with van der Waals surface area (Å²) in [5, 5.41) is 3.48. The van der Waals surface area contributed by atoms with Gasteiger partial charge in [-0.15, -0.1) is 0 Å². The standard InChI is InChI=1S/C20H22ClNO3/c1-4-24-18-10-6-15(13-19(18)25-5-2)7-11-20(23)22-17-9-8-16(21)12-14(17)3/h6-13H,4-5H2,1-3H3,(H,22,23)/b11-7+.